The number of carbonyl (C=O) groups is 1. The summed E-state index contributed by atoms with van der Waals surface area (Å²) >= 11 is 0. The van der Waals surface area contributed by atoms with Gasteiger partial charge in [0, 0.05) is 19.2 Å². The predicted octanol–water partition coefficient (Wildman–Crippen LogP) is 4.26. The molecule has 0 aromatic heterocycles. The number of hydrogen-bond donors (Lipinski definition) is 2. The summed E-state index contributed by atoms with van der Waals surface area (Å²) in [5.74, 6) is 0.983. The third-order valence-corrected chi connectivity index (χ3v) is 3.84. The van der Waals surface area contributed by atoms with Crippen LogP contribution in [0, 0.1) is 0 Å². The van der Waals surface area contributed by atoms with Gasteiger partial charge in [-0.05, 0) is 44.2 Å². The Morgan fingerprint density at radius 2 is 1.80 bits per heavy atom. The van der Waals surface area contributed by atoms with Crippen LogP contribution < -0.4 is 10.6 Å². The quantitative estimate of drug-likeness (QED) is 0.723. The lowest BCUT2D eigenvalue weighted by Gasteiger charge is -2.21. The molecule has 5 heteroatoms. The van der Waals surface area contributed by atoms with E-state index in [1.54, 1.807) is 7.11 Å². The van der Waals surface area contributed by atoms with Crippen LogP contribution in [0.1, 0.15) is 58.1 Å². The fourth-order valence-electron chi connectivity index (χ4n) is 2.55. The minimum Gasteiger partial charge on any atom is -0.482 e. The zero-order valence-corrected chi connectivity index (χ0v) is 16.5. The van der Waals surface area contributed by atoms with E-state index in [2.05, 4.69) is 48.7 Å². The molecule has 0 aliphatic carbocycles. The van der Waals surface area contributed by atoms with Gasteiger partial charge < -0.3 is 20.1 Å². The van der Waals surface area contributed by atoms with Gasteiger partial charge in [-0.1, -0.05) is 38.1 Å². The molecule has 1 amide bonds. The lowest BCUT2D eigenvalue weighted by molar-refractivity contribution is 0.0525. The molecule has 1 aromatic carbocycles. The summed E-state index contributed by atoms with van der Waals surface area (Å²) in [6.07, 6.45) is 0.491. The van der Waals surface area contributed by atoms with Crippen molar-refractivity contribution in [2.45, 2.75) is 52.6 Å². The Kier molecular flexibility index (Phi) is 7.81. The van der Waals surface area contributed by atoms with Crippen LogP contribution in [0.4, 0.5) is 4.79 Å². The fourth-order valence-corrected chi connectivity index (χ4v) is 2.55. The number of benzene rings is 1. The van der Waals surface area contributed by atoms with E-state index in [0.29, 0.717) is 6.54 Å². The molecular formula is C20H32N2O3. The van der Waals surface area contributed by atoms with E-state index >= 15 is 0 Å². The number of allylic oxidation sites excluding steroid dienone is 1. The highest BCUT2D eigenvalue weighted by Gasteiger charge is 2.17. The number of nitrogens with one attached hydrogen (secondary N) is 2. The molecule has 0 fully saturated rings. The predicted molar refractivity (Wildman–Crippen MR) is 102 cm³/mol. The molecule has 0 saturated heterocycles. The van der Waals surface area contributed by atoms with Crippen molar-refractivity contribution in [3.63, 3.8) is 0 Å². The first-order valence-corrected chi connectivity index (χ1v) is 8.73. The maximum Gasteiger partial charge on any atom is 0.407 e. The number of rotatable bonds is 7. The molecular weight excluding hydrogens is 316 g/mol. The summed E-state index contributed by atoms with van der Waals surface area (Å²) in [6.45, 7) is 10.3. The Hall–Kier alpha value is -2.17. The summed E-state index contributed by atoms with van der Waals surface area (Å²) < 4.78 is 10.7. The van der Waals surface area contributed by atoms with Crippen molar-refractivity contribution in [1.82, 2.24) is 10.6 Å². The van der Waals surface area contributed by atoms with Gasteiger partial charge in [-0.25, -0.2) is 4.79 Å². The first-order valence-electron chi connectivity index (χ1n) is 8.73. The molecule has 1 aromatic rings. The molecule has 0 aliphatic heterocycles. The topological polar surface area (TPSA) is 59.6 Å². The molecule has 1 rings (SSSR count). The molecule has 0 heterocycles. The smallest absolute Gasteiger partial charge is 0.407 e. The van der Waals surface area contributed by atoms with Gasteiger partial charge in [0.05, 0.1) is 7.11 Å². The molecule has 0 spiro atoms. The van der Waals surface area contributed by atoms with Crippen LogP contribution in [0.5, 0.6) is 0 Å². The SMILES string of the molecule is CC/C(=C(\NC)OC)c1ccc([C@@H](C)CNC(=O)OC(C)(C)C)cc1. The van der Waals surface area contributed by atoms with Crippen LogP contribution >= 0.6 is 0 Å². The second-order valence-electron chi connectivity index (χ2n) is 7.02. The van der Waals surface area contributed by atoms with Gasteiger partial charge in [-0.2, -0.15) is 0 Å². The Bertz CT molecular complexity index is 580. The first-order chi connectivity index (χ1) is 11.7. The maximum absolute atomic E-state index is 11.8. The van der Waals surface area contributed by atoms with E-state index in [4.69, 9.17) is 9.47 Å². The molecule has 140 valence electrons. The van der Waals surface area contributed by atoms with E-state index in [-0.39, 0.29) is 12.0 Å². The zero-order chi connectivity index (χ0) is 19.0. The maximum atomic E-state index is 11.8. The van der Waals surface area contributed by atoms with Crippen molar-refractivity contribution >= 4 is 11.7 Å². The van der Waals surface area contributed by atoms with Crippen LogP contribution in [-0.4, -0.2) is 32.4 Å². The van der Waals surface area contributed by atoms with Crippen LogP contribution in [0.25, 0.3) is 5.57 Å². The summed E-state index contributed by atoms with van der Waals surface area (Å²) in [5.41, 5.74) is 2.95. The number of carbonyl (C=O) groups excluding carboxylic acids is 1. The Morgan fingerprint density at radius 3 is 2.24 bits per heavy atom. The van der Waals surface area contributed by atoms with Crippen molar-refractivity contribution in [2.24, 2.45) is 0 Å². The van der Waals surface area contributed by atoms with Crippen molar-refractivity contribution in [2.75, 3.05) is 20.7 Å². The average molecular weight is 348 g/mol. The minimum atomic E-state index is -0.482. The molecule has 0 unspecified atom stereocenters. The van der Waals surface area contributed by atoms with Crippen LogP contribution in [-0.2, 0) is 9.47 Å². The number of ether oxygens (including phenoxy) is 2. The van der Waals surface area contributed by atoms with E-state index < -0.39 is 5.60 Å². The van der Waals surface area contributed by atoms with Gasteiger partial charge in [0.25, 0.3) is 0 Å². The molecule has 0 radical (unpaired) electrons. The van der Waals surface area contributed by atoms with E-state index in [0.717, 1.165) is 23.4 Å². The Labute approximate surface area is 151 Å². The van der Waals surface area contributed by atoms with Crippen molar-refractivity contribution in [3.05, 3.63) is 41.3 Å². The van der Waals surface area contributed by atoms with Crippen molar-refractivity contribution in [3.8, 4) is 0 Å². The summed E-state index contributed by atoms with van der Waals surface area (Å²) in [6, 6.07) is 8.37. The Balaban J connectivity index is 2.75. The normalized spacial score (nSPS) is 13.6. The van der Waals surface area contributed by atoms with E-state index in [9.17, 15) is 4.79 Å². The third kappa shape index (κ3) is 6.69. The van der Waals surface area contributed by atoms with Crippen molar-refractivity contribution in [1.29, 1.82) is 0 Å². The molecule has 0 saturated carbocycles. The van der Waals surface area contributed by atoms with Gasteiger partial charge in [0.1, 0.15) is 5.60 Å². The van der Waals surface area contributed by atoms with Crippen molar-refractivity contribution < 1.29 is 14.3 Å². The van der Waals surface area contributed by atoms with Gasteiger partial charge in [-0.3, -0.25) is 0 Å². The van der Waals surface area contributed by atoms with Gasteiger partial charge in [0.2, 0.25) is 0 Å². The fraction of sp³-hybridized carbons (Fsp3) is 0.550. The van der Waals surface area contributed by atoms with Crippen LogP contribution in [0.15, 0.2) is 30.1 Å². The highest BCUT2D eigenvalue weighted by molar-refractivity contribution is 5.68. The number of methoxy groups -OCH3 is 1. The summed E-state index contributed by atoms with van der Waals surface area (Å²) in [4.78, 5) is 11.8. The number of hydrogen-bond acceptors (Lipinski definition) is 4. The lowest BCUT2D eigenvalue weighted by Crippen LogP contribution is -2.34. The first kappa shape index (κ1) is 20.9. The van der Waals surface area contributed by atoms with E-state index in [1.165, 1.54) is 5.56 Å². The van der Waals surface area contributed by atoms with Gasteiger partial charge in [0.15, 0.2) is 5.88 Å². The minimum absolute atomic E-state index is 0.196. The summed E-state index contributed by atoms with van der Waals surface area (Å²) in [5, 5.41) is 5.91. The molecule has 1 atom stereocenters. The van der Waals surface area contributed by atoms with Crippen LogP contribution in [0.2, 0.25) is 0 Å². The highest BCUT2D eigenvalue weighted by Crippen LogP contribution is 2.24. The molecule has 0 bridgehead atoms. The van der Waals surface area contributed by atoms with Gasteiger partial charge >= 0.3 is 6.09 Å². The number of alkyl carbamates (subject to hydrolysis) is 1. The molecule has 2 N–H and O–H groups in total. The largest absolute Gasteiger partial charge is 0.482 e. The lowest BCUT2D eigenvalue weighted by atomic mass is 9.96. The summed E-state index contributed by atoms with van der Waals surface area (Å²) in [7, 11) is 3.52. The van der Waals surface area contributed by atoms with Crippen LogP contribution in [0.3, 0.4) is 0 Å². The number of amides is 1. The third-order valence-electron chi connectivity index (χ3n) is 3.84. The average Bonchev–Trinajstić information content (AvgIpc) is 2.56. The zero-order valence-electron chi connectivity index (χ0n) is 16.5. The second-order valence-corrected chi connectivity index (χ2v) is 7.02. The monoisotopic (exact) mass is 348 g/mol. The van der Waals surface area contributed by atoms with Gasteiger partial charge in [-0.15, -0.1) is 0 Å². The standard InChI is InChI=1S/C20H32N2O3/c1-8-17(18(21-6)24-7)16-11-9-15(10-12-16)14(2)13-22-19(23)25-20(3,4)5/h9-12,14,21H,8,13H2,1-7H3,(H,22,23)/b18-17-/t14-/m0/s1. The second kappa shape index (κ2) is 9.35. The molecule has 25 heavy (non-hydrogen) atoms. The molecule has 5 nitrogen and oxygen atoms in total. The Morgan fingerprint density at radius 1 is 1.20 bits per heavy atom. The van der Waals surface area contributed by atoms with E-state index in [1.807, 2.05) is 27.8 Å². The molecule has 0 aliphatic rings. The highest BCUT2D eigenvalue weighted by atomic mass is 16.6.